The van der Waals surface area contributed by atoms with Gasteiger partial charge in [0.15, 0.2) is 0 Å². The highest BCUT2D eigenvalue weighted by Gasteiger charge is 2.39. The molecule has 1 aromatic carbocycles. The number of halogens is 1. The topological polar surface area (TPSA) is 80.4 Å². The first kappa shape index (κ1) is 18.9. The molecule has 0 saturated carbocycles. The Labute approximate surface area is 167 Å². The molecule has 8 heteroatoms. The van der Waals surface area contributed by atoms with Crippen LogP contribution in [0.15, 0.2) is 53.4 Å². The molecule has 1 saturated heterocycles. The molecule has 29 heavy (non-hydrogen) atoms. The van der Waals surface area contributed by atoms with Crippen LogP contribution in [0.3, 0.4) is 0 Å². The second-order valence-corrected chi connectivity index (χ2v) is 7.26. The Morgan fingerprint density at radius 3 is 2.79 bits per heavy atom. The number of likely N-dealkylation sites (tertiary alicyclic amines) is 1. The molecule has 150 valence electrons. The van der Waals surface area contributed by atoms with Crippen molar-refractivity contribution in [2.24, 2.45) is 5.92 Å². The van der Waals surface area contributed by atoms with E-state index < -0.39 is 0 Å². The van der Waals surface area contributed by atoms with Crippen LogP contribution in [0.5, 0.6) is 0 Å². The Bertz CT molecular complexity index is 1040. The SMILES string of the molecule is Cc1cc(C(=O)NC[C@@H]2CC(=O)N(C)[C@H]2c2cnn(-c3ccc(F)cc3)c2)co1. The summed E-state index contributed by atoms with van der Waals surface area (Å²) < 4.78 is 20.0. The van der Waals surface area contributed by atoms with E-state index in [4.69, 9.17) is 4.42 Å². The van der Waals surface area contributed by atoms with Crippen molar-refractivity contribution < 1.29 is 18.4 Å². The van der Waals surface area contributed by atoms with Gasteiger partial charge in [-0.2, -0.15) is 5.10 Å². The van der Waals surface area contributed by atoms with E-state index in [1.54, 1.807) is 47.9 Å². The third-order valence-corrected chi connectivity index (χ3v) is 5.25. The number of aryl methyl sites for hydroxylation is 1. The summed E-state index contributed by atoms with van der Waals surface area (Å²) in [6.45, 7) is 2.13. The number of nitrogens with one attached hydrogen (secondary N) is 1. The van der Waals surface area contributed by atoms with E-state index in [2.05, 4.69) is 10.4 Å². The number of amides is 2. The molecule has 0 radical (unpaired) electrons. The molecule has 2 amide bonds. The Morgan fingerprint density at radius 2 is 2.10 bits per heavy atom. The quantitative estimate of drug-likeness (QED) is 0.719. The van der Waals surface area contributed by atoms with Crippen LogP contribution in [-0.2, 0) is 4.79 Å². The van der Waals surface area contributed by atoms with Crippen LogP contribution in [0.4, 0.5) is 4.39 Å². The predicted octanol–water partition coefficient (Wildman–Crippen LogP) is 2.86. The fourth-order valence-corrected chi connectivity index (χ4v) is 3.74. The third kappa shape index (κ3) is 3.78. The zero-order valence-corrected chi connectivity index (χ0v) is 16.1. The Hall–Kier alpha value is -3.42. The molecule has 3 heterocycles. The highest BCUT2D eigenvalue weighted by molar-refractivity contribution is 5.94. The van der Waals surface area contributed by atoms with Crippen molar-refractivity contribution in [2.75, 3.05) is 13.6 Å². The average molecular weight is 396 g/mol. The summed E-state index contributed by atoms with van der Waals surface area (Å²) >= 11 is 0. The zero-order chi connectivity index (χ0) is 20.5. The van der Waals surface area contributed by atoms with Gasteiger partial charge in [-0.25, -0.2) is 9.07 Å². The van der Waals surface area contributed by atoms with Gasteiger partial charge < -0.3 is 14.6 Å². The number of rotatable bonds is 5. The summed E-state index contributed by atoms with van der Waals surface area (Å²) in [5, 5.41) is 7.25. The lowest BCUT2D eigenvalue weighted by Crippen LogP contribution is -2.32. The molecule has 7 nitrogen and oxygen atoms in total. The maximum absolute atomic E-state index is 13.2. The van der Waals surface area contributed by atoms with Crippen molar-refractivity contribution in [2.45, 2.75) is 19.4 Å². The Balaban J connectivity index is 1.50. The molecule has 1 aliphatic rings. The molecule has 4 rings (SSSR count). The van der Waals surface area contributed by atoms with Gasteiger partial charge in [0.2, 0.25) is 5.91 Å². The minimum atomic E-state index is -0.314. The van der Waals surface area contributed by atoms with Crippen LogP contribution in [0.2, 0.25) is 0 Å². The summed E-state index contributed by atoms with van der Waals surface area (Å²) in [5.41, 5.74) is 2.05. The molecule has 1 N–H and O–H groups in total. The van der Waals surface area contributed by atoms with Gasteiger partial charge in [0, 0.05) is 37.7 Å². The first-order valence-electron chi connectivity index (χ1n) is 9.32. The molecule has 2 aromatic heterocycles. The number of benzene rings is 1. The summed E-state index contributed by atoms with van der Waals surface area (Å²) in [5.74, 6) is 0.0470. The van der Waals surface area contributed by atoms with Crippen molar-refractivity contribution in [3.05, 3.63) is 71.7 Å². The molecule has 0 unspecified atom stereocenters. The van der Waals surface area contributed by atoms with Crippen LogP contribution in [-0.4, -0.2) is 40.1 Å². The van der Waals surface area contributed by atoms with E-state index in [1.807, 2.05) is 6.20 Å². The lowest BCUT2D eigenvalue weighted by molar-refractivity contribution is -0.127. The first-order valence-corrected chi connectivity index (χ1v) is 9.32. The van der Waals surface area contributed by atoms with Crippen LogP contribution in [0.1, 0.15) is 34.1 Å². The van der Waals surface area contributed by atoms with Crippen molar-refractivity contribution in [1.82, 2.24) is 20.0 Å². The average Bonchev–Trinajstić information content (AvgIpc) is 3.41. The van der Waals surface area contributed by atoms with Gasteiger partial charge >= 0.3 is 0 Å². The summed E-state index contributed by atoms with van der Waals surface area (Å²) in [4.78, 5) is 26.3. The van der Waals surface area contributed by atoms with Crippen molar-refractivity contribution in [3.63, 3.8) is 0 Å². The number of carbonyl (C=O) groups is 2. The minimum Gasteiger partial charge on any atom is -0.469 e. The van der Waals surface area contributed by atoms with Gasteiger partial charge in [-0.1, -0.05) is 0 Å². The zero-order valence-electron chi connectivity index (χ0n) is 16.1. The second-order valence-electron chi connectivity index (χ2n) is 7.26. The summed E-state index contributed by atoms with van der Waals surface area (Å²) in [6.07, 6.45) is 5.30. The summed E-state index contributed by atoms with van der Waals surface area (Å²) in [7, 11) is 1.75. The molecule has 1 fully saturated rings. The van der Waals surface area contributed by atoms with Crippen molar-refractivity contribution in [1.29, 1.82) is 0 Å². The minimum absolute atomic E-state index is 0.0166. The Morgan fingerprint density at radius 1 is 1.34 bits per heavy atom. The van der Waals surface area contributed by atoms with Crippen LogP contribution < -0.4 is 5.32 Å². The van der Waals surface area contributed by atoms with Gasteiger partial charge in [-0.3, -0.25) is 9.59 Å². The fourth-order valence-electron chi connectivity index (χ4n) is 3.74. The monoisotopic (exact) mass is 396 g/mol. The number of carbonyl (C=O) groups excluding carboxylic acids is 2. The lowest BCUT2D eigenvalue weighted by Gasteiger charge is -2.24. The lowest BCUT2D eigenvalue weighted by atomic mass is 9.95. The van der Waals surface area contributed by atoms with E-state index in [0.29, 0.717) is 24.3 Å². The van der Waals surface area contributed by atoms with Gasteiger partial charge in [0.05, 0.1) is 23.5 Å². The molecule has 1 aliphatic heterocycles. The van der Waals surface area contributed by atoms with E-state index in [9.17, 15) is 14.0 Å². The molecule has 0 spiro atoms. The number of hydrogen-bond donors (Lipinski definition) is 1. The van der Waals surface area contributed by atoms with Crippen LogP contribution in [0, 0.1) is 18.7 Å². The third-order valence-electron chi connectivity index (χ3n) is 5.25. The van der Waals surface area contributed by atoms with Crippen LogP contribution >= 0.6 is 0 Å². The molecule has 0 bridgehead atoms. The highest BCUT2D eigenvalue weighted by Crippen LogP contribution is 2.36. The molecular weight excluding hydrogens is 375 g/mol. The van der Waals surface area contributed by atoms with Gasteiger partial charge in [0.25, 0.3) is 5.91 Å². The predicted molar refractivity (Wildman–Crippen MR) is 103 cm³/mol. The fraction of sp³-hybridized carbons (Fsp3) is 0.286. The molecule has 3 aromatic rings. The smallest absolute Gasteiger partial charge is 0.254 e. The largest absolute Gasteiger partial charge is 0.469 e. The number of hydrogen-bond acceptors (Lipinski definition) is 4. The summed E-state index contributed by atoms with van der Waals surface area (Å²) in [6, 6.07) is 7.49. The van der Waals surface area contributed by atoms with E-state index in [1.165, 1.54) is 18.4 Å². The maximum Gasteiger partial charge on any atom is 0.254 e. The number of nitrogens with zero attached hydrogens (tertiary/aromatic N) is 3. The molecule has 2 atom stereocenters. The highest BCUT2D eigenvalue weighted by atomic mass is 19.1. The normalized spacial score (nSPS) is 19.0. The van der Waals surface area contributed by atoms with Crippen LogP contribution in [0.25, 0.3) is 5.69 Å². The van der Waals surface area contributed by atoms with E-state index in [-0.39, 0.29) is 29.6 Å². The van der Waals surface area contributed by atoms with Gasteiger partial charge in [-0.15, -0.1) is 0 Å². The standard InChI is InChI=1S/C21H21FN4O3/c1-13-7-15(12-29-13)21(28)23-9-14-8-19(27)25(2)20(14)16-10-24-26(11-16)18-5-3-17(22)4-6-18/h3-7,10-12,14,20H,8-9H2,1-2H3,(H,23,28)/t14-,20+/m0/s1. The van der Waals surface area contributed by atoms with Gasteiger partial charge in [0.1, 0.15) is 17.8 Å². The van der Waals surface area contributed by atoms with E-state index in [0.717, 1.165) is 11.3 Å². The molecule has 0 aliphatic carbocycles. The number of furan rings is 1. The Kier molecular flexibility index (Phi) is 4.92. The first-order chi connectivity index (χ1) is 13.9. The van der Waals surface area contributed by atoms with Crippen molar-refractivity contribution >= 4 is 11.8 Å². The molecular formula is C21H21FN4O3. The van der Waals surface area contributed by atoms with E-state index >= 15 is 0 Å². The number of aromatic nitrogens is 2. The van der Waals surface area contributed by atoms with Crippen molar-refractivity contribution in [3.8, 4) is 5.69 Å². The second kappa shape index (κ2) is 7.54. The maximum atomic E-state index is 13.2. The van der Waals surface area contributed by atoms with Gasteiger partial charge in [-0.05, 0) is 37.3 Å².